The van der Waals surface area contributed by atoms with E-state index in [4.69, 9.17) is 0 Å². The minimum atomic E-state index is -4.42. The topological polar surface area (TPSA) is 58.2 Å². The van der Waals surface area contributed by atoms with Crippen LogP contribution >= 0.6 is 11.8 Å². The smallest absolute Gasteiger partial charge is 0.324 e. The van der Waals surface area contributed by atoms with Crippen LogP contribution in [0.4, 0.5) is 24.5 Å². The van der Waals surface area contributed by atoms with E-state index < -0.39 is 17.6 Å². The highest BCUT2D eigenvalue weighted by Gasteiger charge is 2.30. The highest BCUT2D eigenvalue weighted by molar-refractivity contribution is 8.00. The molecule has 1 heterocycles. The number of anilines is 2. The molecule has 152 valence electrons. The van der Waals surface area contributed by atoms with Crippen molar-refractivity contribution in [3.05, 3.63) is 77.9 Å². The summed E-state index contributed by atoms with van der Waals surface area (Å²) >= 11 is 1.42. The maximum Gasteiger partial charge on any atom is 0.416 e. The minimum absolute atomic E-state index is 0.108. The maximum absolute atomic E-state index is 12.9. The van der Waals surface area contributed by atoms with Crippen molar-refractivity contribution >= 4 is 35.0 Å². The molecule has 0 aromatic heterocycles. The van der Waals surface area contributed by atoms with Crippen LogP contribution in [0.5, 0.6) is 0 Å². The zero-order chi connectivity index (χ0) is 21.3. The standard InChI is InChI=1S/C22H15F3N2O2S/c23-22(24,25)14-7-5-13(6-8-14)16-3-1-2-4-17(16)21(29)26-15-9-10-19-18(11-15)27-20(28)12-30-19/h1-11H,12H2,(H,26,29)(H,27,28). The third-order valence-corrected chi connectivity index (χ3v) is 5.64. The number of hydrogen-bond acceptors (Lipinski definition) is 3. The molecule has 1 aliphatic rings. The van der Waals surface area contributed by atoms with Crippen molar-refractivity contribution in [2.75, 3.05) is 16.4 Å². The van der Waals surface area contributed by atoms with E-state index in [1.165, 1.54) is 23.9 Å². The lowest BCUT2D eigenvalue weighted by Crippen LogP contribution is -2.19. The molecule has 0 saturated carbocycles. The zero-order valence-corrected chi connectivity index (χ0v) is 16.2. The fourth-order valence-corrected chi connectivity index (χ4v) is 3.92. The van der Waals surface area contributed by atoms with Crippen molar-refractivity contribution in [3.63, 3.8) is 0 Å². The lowest BCUT2D eigenvalue weighted by Gasteiger charge is -2.17. The molecule has 0 radical (unpaired) electrons. The number of carbonyl (C=O) groups is 2. The van der Waals surface area contributed by atoms with Crippen LogP contribution in [0.15, 0.2) is 71.6 Å². The predicted molar refractivity (Wildman–Crippen MR) is 111 cm³/mol. The summed E-state index contributed by atoms with van der Waals surface area (Å²) < 4.78 is 38.5. The molecule has 2 amide bonds. The second-order valence-corrected chi connectivity index (χ2v) is 7.64. The number of nitrogens with one attached hydrogen (secondary N) is 2. The Morgan fingerprint density at radius 2 is 1.73 bits per heavy atom. The van der Waals surface area contributed by atoms with Gasteiger partial charge in [-0.25, -0.2) is 0 Å². The molecule has 2 N–H and O–H groups in total. The van der Waals surface area contributed by atoms with Crippen LogP contribution in [-0.4, -0.2) is 17.6 Å². The van der Waals surface area contributed by atoms with E-state index in [2.05, 4.69) is 10.6 Å². The second kappa shape index (κ2) is 7.87. The van der Waals surface area contributed by atoms with Gasteiger partial charge in [-0.3, -0.25) is 9.59 Å². The molecule has 0 atom stereocenters. The first kappa shape index (κ1) is 20.0. The van der Waals surface area contributed by atoms with Gasteiger partial charge in [-0.05, 0) is 47.5 Å². The molecule has 8 heteroatoms. The van der Waals surface area contributed by atoms with Gasteiger partial charge in [-0.1, -0.05) is 30.3 Å². The van der Waals surface area contributed by atoms with Crippen LogP contribution in [0, 0.1) is 0 Å². The van der Waals surface area contributed by atoms with Gasteiger partial charge in [-0.15, -0.1) is 11.8 Å². The Labute approximate surface area is 174 Å². The van der Waals surface area contributed by atoms with Crippen molar-refractivity contribution < 1.29 is 22.8 Å². The van der Waals surface area contributed by atoms with Crippen LogP contribution in [0.1, 0.15) is 15.9 Å². The molecule has 0 bridgehead atoms. The second-order valence-electron chi connectivity index (χ2n) is 6.62. The van der Waals surface area contributed by atoms with E-state index in [0.717, 1.165) is 17.0 Å². The SMILES string of the molecule is O=C1CSc2ccc(NC(=O)c3ccccc3-c3ccc(C(F)(F)F)cc3)cc2N1. The summed E-state index contributed by atoms with van der Waals surface area (Å²) in [6.45, 7) is 0. The van der Waals surface area contributed by atoms with Gasteiger partial charge < -0.3 is 10.6 Å². The Balaban J connectivity index is 1.60. The summed E-state index contributed by atoms with van der Waals surface area (Å²) in [7, 11) is 0. The number of alkyl halides is 3. The summed E-state index contributed by atoms with van der Waals surface area (Å²) in [6.07, 6.45) is -4.42. The molecule has 1 aliphatic heterocycles. The number of hydrogen-bond donors (Lipinski definition) is 2. The molecule has 0 saturated heterocycles. The van der Waals surface area contributed by atoms with Crippen LogP contribution in [-0.2, 0) is 11.0 Å². The third-order valence-electron chi connectivity index (χ3n) is 4.57. The lowest BCUT2D eigenvalue weighted by molar-refractivity contribution is -0.137. The van der Waals surface area contributed by atoms with Crippen molar-refractivity contribution in [2.24, 2.45) is 0 Å². The molecule has 0 fully saturated rings. The van der Waals surface area contributed by atoms with Gasteiger partial charge in [0.1, 0.15) is 0 Å². The fourth-order valence-electron chi connectivity index (χ4n) is 3.13. The molecule has 0 spiro atoms. The quantitative estimate of drug-likeness (QED) is 0.565. The van der Waals surface area contributed by atoms with Gasteiger partial charge in [0, 0.05) is 16.1 Å². The van der Waals surface area contributed by atoms with Crippen LogP contribution in [0.25, 0.3) is 11.1 Å². The normalized spacial score (nSPS) is 13.4. The molecule has 30 heavy (non-hydrogen) atoms. The average Bonchev–Trinajstić information content (AvgIpc) is 2.73. The number of amides is 2. The maximum atomic E-state index is 12.9. The van der Waals surface area contributed by atoms with Gasteiger partial charge in [0.15, 0.2) is 0 Å². The molecule has 3 aromatic carbocycles. The number of fused-ring (bicyclic) bond motifs is 1. The van der Waals surface area contributed by atoms with Crippen LogP contribution in [0.2, 0.25) is 0 Å². The Morgan fingerprint density at radius 1 is 1.00 bits per heavy atom. The zero-order valence-electron chi connectivity index (χ0n) is 15.4. The molecule has 4 nitrogen and oxygen atoms in total. The van der Waals surface area contributed by atoms with Gasteiger partial charge in [-0.2, -0.15) is 13.2 Å². The Kier molecular flexibility index (Phi) is 5.26. The summed E-state index contributed by atoms with van der Waals surface area (Å²) in [5.41, 5.74) is 1.73. The first-order valence-corrected chi connectivity index (χ1v) is 9.94. The molecule has 4 rings (SSSR count). The minimum Gasteiger partial charge on any atom is -0.324 e. The number of thioether (sulfide) groups is 1. The lowest BCUT2D eigenvalue weighted by atomic mass is 9.98. The first-order valence-electron chi connectivity index (χ1n) is 8.96. The molecule has 0 aliphatic carbocycles. The number of rotatable bonds is 3. The summed E-state index contributed by atoms with van der Waals surface area (Å²) in [5.74, 6) is -0.164. The first-order chi connectivity index (χ1) is 14.3. The Morgan fingerprint density at radius 3 is 2.47 bits per heavy atom. The fraction of sp³-hybridized carbons (Fsp3) is 0.0909. The average molecular weight is 428 g/mol. The highest BCUT2D eigenvalue weighted by atomic mass is 32.2. The molecular weight excluding hydrogens is 413 g/mol. The highest BCUT2D eigenvalue weighted by Crippen LogP contribution is 2.34. The van der Waals surface area contributed by atoms with Crippen molar-refractivity contribution in [1.82, 2.24) is 0 Å². The van der Waals surface area contributed by atoms with Crippen molar-refractivity contribution in [1.29, 1.82) is 0 Å². The van der Waals surface area contributed by atoms with Crippen molar-refractivity contribution in [2.45, 2.75) is 11.1 Å². The van der Waals surface area contributed by atoms with Gasteiger partial charge >= 0.3 is 6.18 Å². The Bertz CT molecular complexity index is 1130. The molecular formula is C22H15F3N2O2S. The van der Waals surface area contributed by atoms with Crippen LogP contribution < -0.4 is 10.6 Å². The van der Waals surface area contributed by atoms with Gasteiger partial charge in [0.2, 0.25) is 5.91 Å². The summed E-state index contributed by atoms with van der Waals surface area (Å²) in [4.78, 5) is 25.4. The van der Waals surface area contributed by atoms with E-state index in [0.29, 0.717) is 33.8 Å². The van der Waals surface area contributed by atoms with Gasteiger partial charge in [0.25, 0.3) is 5.91 Å². The number of carbonyl (C=O) groups excluding carboxylic acids is 2. The van der Waals surface area contributed by atoms with Gasteiger partial charge in [0.05, 0.1) is 17.0 Å². The van der Waals surface area contributed by atoms with Crippen LogP contribution in [0.3, 0.4) is 0 Å². The van der Waals surface area contributed by atoms with E-state index in [9.17, 15) is 22.8 Å². The largest absolute Gasteiger partial charge is 0.416 e. The van der Waals surface area contributed by atoms with E-state index in [-0.39, 0.29) is 5.91 Å². The predicted octanol–water partition coefficient (Wildman–Crippen LogP) is 5.67. The van der Waals surface area contributed by atoms with Crippen molar-refractivity contribution in [3.8, 4) is 11.1 Å². The Hall–Kier alpha value is -3.26. The van der Waals surface area contributed by atoms with E-state index >= 15 is 0 Å². The van der Waals surface area contributed by atoms with E-state index in [1.54, 1.807) is 36.4 Å². The monoisotopic (exact) mass is 428 g/mol. The molecule has 0 unspecified atom stereocenters. The summed E-state index contributed by atoms with van der Waals surface area (Å²) in [6, 6.07) is 16.6. The number of halogens is 3. The molecule has 3 aromatic rings. The summed E-state index contributed by atoms with van der Waals surface area (Å²) in [5, 5.41) is 5.55. The van der Waals surface area contributed by atoms with E-state index in [1.807, 2.05) is 6.07 Å². The number of benzene rings is 3. The third kappa shape index (κ3) is 4.18.